The molecule has 1 aliphatic carbocycles. The van der Waals surface area contributed by atoms with E-state index >= 15 is 0 Å². The number of carbonyl (C=O) groups excluding carboxylic acids is 5. The summed E-state index contributed by atoms with van der Waals surface area (Å²) in [6.45, 7) is 0.825. The molecule has 4 amide bonds. The molecule has 36 heavy (non-hydrogen) atoms. The van der Waals surface area contributed by atoms with Gasteiger partial charge >= 0.3 is 0 Å². The second-order valence-corrected chi connectivity index (χ2v) is 10.3. The van der Waals surface area contributed by atoms with Crippen molar-refractivity contribution in [3.05, 3.63) is 41.7 Å². The lowest BCUT2D eigenvalue weighted by Crippen LogP contribution is -2.46. The van der Waals surface area contributed by atoms with Gasteiger partial charge in [-0.25, -0.2) is 4.68 Å². The Labute approximate surface area is 206 Å². The molecule has 0 radical (unpaired) electrons. The number of likely N-dealkylation sites (tertiary alicyclic amines) is 2. The lowest BCUT2D eigenvalue weighted by molar-refractivity contribution is -0.140. The van der Waals surface area contributed by atoms with Crippen LogP contribution in [0.25, 0.3) is 5.69 Å². The zero-order valence-corrected chi connectivity index (χ0v) is 19.7. The highest BCUT2D eigenvalue weighted by Gasteiger charge is 2.71. The molecule has 2 unspecified atom stereocenters. The number of imide groups is 1. The largest absolute Gasteiger partial charge is 0.336 e. The van der Waals surface area contributed by atoms with Gasteiger partial charge in [-0.3, -0.25) is 29.3 Å². The van der Waals surface area contributed by atoms with Crippen LogP contribution in [0.4, 0.5) is 0 Å². The molecular weight excluding hydrogens is 464 g/mol. The van der Waals surface area contributed by atoms with Gasteiger partial charge in [0, 0.05) is 31.5 Å². The van der Waals surface area contributed by atoms with Crippen LogP contribution in [0.2, 0.25) is 0 Å². The lowest BCUT2D eigenvalue weighted by atomic mass is 9.59. The summed E-state index contributed by atoms with van der Waals surface area (Å²) in [5, 5.41) is 10.8. The third-order valence-electron chi connectivity index (χ3n) is 8.29. The molecule has 1 saturated carbocycles. The molecule has 0 spiro atoms. The van der Waals surface area contributed by atoms with Crippen LogP contribution in [0.5, 0.6) is 0 Å². The van der Waals surface area contributed by atoms with Crippen LogP contribution in [-0.2, 0) is 25.7 Å². The predicted octanol–water partition coefficient (Wildman–Crippen LogP) is 0.618. The predicted molar refractivity (Wildman–Crippen MR) is 123 cm³/mol. The van der Waals surface area contributed by atoms with Gasteiger partial charge < -0.3 is 9.80 Å². The fourth-order valence-corrected chi connectivity index (χ4v) is 6.35. The van der Waals surface area contributed by atoms with Crippen molar-refractivity contribution in [1.82, 2.24) is 30.1 Å². The maximum atomic E-state index is 13.3. The minimum absolute atomic E-state index is 0.0346. The number of hydrogen-bond donors (Lipinski definition) is 1. The van der Waals surface area contributed by atoms with Crippen LogP contribution >= 0.6 is 0 Å². The first-order valence-corrected chi connectivity index (χ1v) is 12.3. The van der Waals surface area contributed by atoms with Crippen LogP contribution in [0.15, 0.2) is 30.5 Å². The Balaban J connectivity index is 1.17. The highest BCUT2D eigenvalue weighted by molar-refractivity contribution is 6.11. The van der Waals surface area contributed by atoms with E-state index in [1.807, 2.05) is 0 Å². The first kappa shape index (κ1) is 22.6. The van der Waals surface area contributed by atoms with Gasteiger partial charge in [-0.05, 0) is 37.1 Å². The van der Waals surface area contributed by atoms with Crippen molar-refractivity contribution in [1.29, 1.82) is 0 Å². The van der Waals surface area contributed by atoms with Gasteiger partial charge in [-0.2, -0.15) is 0 Å². The quantitative estimate of drug-likeness (QED) is 0.621. The van der Waals surface area contributed by atoms with Crippen molar-refractivity contribution >= 4 is 29.4 Å². The maximum absolute atomic E-state index is 13.3. The van der Waals surface area contributed by atoms with Gasteiger partial charge in [0.1, 0.15) is 5.69 Å². The van der Waals surface area contributed by atoms with Crippen molar-refractivity contribution in [3.63, 3.8) is 0 Å². The molecule has 0 bridgehead atoms. The number of hydrogen-bond acceptors (Lipinski definition) is 7. The summed E-state index contributed by atoms with van der Waals surface area (Å²) in [5.74, 6) is -0.723. The van der Waals surface area contributed by atoms with Gasteiger partial charge in [0.25, 0.3) is 5.91 Å². The molecule has 11 nitrogen and oxygen atoms in total. The average Bonchev–Trinajstić information content (AvgIpc) is 3.54. The van der Waals surface area contributed by atoms with Crippen molar-refractivity contribution in [2.75, 3.05) is 19.6 Å². The molecule has 4 heterocycles. The van der Waals surface area contributed by atoms with Gasteiger partial charge in [-0.1, -0.05) is 18.1 Å². The molecule has 4 fully saturated rings. The number of rotatable bonds is 4. The summed E-state index contributed by atoms with van der Waals surface area (Å²) in [6.07, 6.45) is 5.20. The minimum Gasteiger partial charge on any atom is -0.336 e. The molecule has 1 N–H and O–H groups in total. The lowest BCUT2D eigenvalue weighted by Gasteiger charge is -2.38. The van der Waals surface area contributed by atoms with E-state index in [0.717, 1.165) is 12.8 Å². The smallest absolute Gasteiger partial charge is 0.253 e. The van der Waals surface area contributed by atoms with Crippen LogP contribution in [0.1, 0.15) is 54.6 Å². The number of amides is 4. The summed E-state index contributed by atoms with van der Waals surface area (Å²) >= 11 is 0. The van der Waals surface area contributed by atoms with Crippen molar-refractivity contribution < 1.29 is 24.0 Å². The van der Waals surface area contributed by atoms with E-state index in [9.17, 15) is 24.0 Å². The van der Waals surface area contributed by atoms with E-state index in [-0.39, 0.29) is 68.4 Å². The Kier molecular flexibility index (Phi) is 5.06. The second-order valence-electron chi connectivity index (χ2n) is 10.3. The Morgan fingerprint density at radius 1 is 0.944 bits per heavy atom. The summed E-state index contributed by atoms with van der Waals surface area (Å²) in [7, 11) is 0. The van der Waals surface area contributed by atoms with Crippen LogP contribution in [0, 0.1) is 10.8 Å². The molecule has 2 atom stereocenters. The standard InChI is InChI=1S/C25H26N6O5/c32-19-7-8-20(33)29(13-19)11-17-12-31(28-27-17)18-5-3-16(4-6-18)21(34)30-14-24-9-1-2-10-25(24,15-30)23(36)26-22(24)35/h3-6,12H,1-2,7-11,13-15H2,(H,26,35,36). The van der Waals surface area contributed by atoms with Crippen LogP contribution in [-0.4, -0.2) is 73.8 Å². The molecule has 3 aliphatic heterocycles. The zero-order valence-electron chi connectivity index (χ0n) is 19.7. The Bertz CT molecular complexity index is 1270. The molecule has 4 aliphatic rings. The van der Waals surface area contributed by atoms with Crippen molar-refractivity contribution in [3.8, 4) is 5.69 Å². The summed E-state index contributed by atoms with van der Waals surface area (Å²) in [6, 6.07) is 6.89. The Morgan fingerprint density at radius 3 is 2.28 bits per heavy atom. The van der Waals surface area contributed by atoms with Gasteiger partial charge in [0.2, 0.25) is 17.7 Å². The summed E-state index contributed by atoms with van der Waals surface area (Å²) < 4.78 is 1.55. The molecular formula is C25H26N6O5. The first-order valence-electron chi connectivity index (χ1n) is 12.3. The highest BCUT2D eigenvalue weighted by atomic mass is 16.2. The average molecular weight is 491 g/mol. The highest BCUT2D eigenvalue weighted by Crippen LogP contribution is 2.58. The topological polar surface area (TPSA) is 135 Å². The molecule has 2 aromatic rings. The normalized spacial score (nSPS) is 27.8. The second kappa shape index (κ2) is 8.07. The summed E-state index contributed by atoms with van der Waals surface area (Å²) in [5.41, 5.74) is 0.0926. The SMILES string of the molecule is O=C1CCC(=O)N(Cc2cn(-c3ccc(C(=O)N4CC56CCCCC5(C4)C(=O)NC6=O)cc3)nn2)C1. The number of piperidine rings is 1. The maximum Gasteiger partial charge on any atom is 0.253 e. The van der Waals surface area contributed by atoms with E-state index in [1.165, 1.54) is 4.90 Å². The van der Waals surface area contributed by atoms with E-state index in [4.69, 9.17) is 0 Å². The van der Waals surface area contributed by atoms with Crippen molar-refractivity contribution in [2.24, 2.45) is 10.8 Å². The minimum atomic E-state index is -0.810. The molecule has 1 aromatic heterocycles. The monoisotopic (exact) mass is 490 g/mol. The fraction of sp³-hybridized carbons (Fsp3) is 0.480. The summed E-state index contributed by atoms with van der Waals surface area (Å²) in [4.78, 5) is 65.7. The molecule has 186 valence electrons. The van der Waals surface area contributed by atoms with Gasteiger partial charge in [0.15, 0.2) is 5.78 Å². The van der Waals surface area contributed by atoms with E-state index in [1.54, 1.807) is 40.0 Å². The number of ketones is 1. The van der Waals surface area contributed by atoms with Crippen LogP contribution < -0.4 is 5.32 Å². The third kappa shape index (κ3) is 3.29. The zero-order chi connectivity index (χ0) is 25.1. The molecule has 6 rings (SSSR count). The van der Waals surface area contributed by atoms with Crippen molar-refractivity contribution in [2.45, 2.75) is 45.1 Å². The van der Waals surface area contributed by atoms with E-state index in [2.05, 4.69) is 15.6 Å². The van der Waals surface area contributed by atoms with Gasteiger partial charge in [0.05, 0.1) is 35.8 Å². The number of aromatic nitrogens is 3. The fourth-order valence-electron chi connectivity index (χ4n) is 6.35. The molecule has 3 saturated heterocycles. The molecule has 1 aromatic carbocycles. The van der Waals surface area contributed by atoms with Crippen LogP contribution in [0.3, 0.4) is 0 Å². The number of carbonyl (C=O) groups is 5. The number of nitrogens with one attached hydrogen (secondary N) is 1. The Hall–Kier alpha value is -3.89. The number of nitrogens with zero attached hydrogens (tertiary/aromatic N) is 5. The van der Waals surface area contributed by atoms with Gasteiger partial charge in [-0.15, -0.1) is 5.10 Å². The molecule has 11 heteroatoms. The number of Topliss-reactive ketones (excluding diaryl/α,β-unsaturated/α-hetero) is 1. The van der Waals surface area contributed by atoms with E-state index < -0.39 is 10.8 Å². The van der Waals surface area contributed by atoms with E-state index in [0.29, 0.717) is 29.8 Å². The first-order chi connectivity index (χ1) is 17.3. The Morgan fingerprint density at radius 2 is 1.61 bits per heavy atom. The number of benzene rings is 1. The third-order valence-corrected chi connectivity index (χ3v) is 8.29.